The van der Waals surface area contributed by atoms with Gasteiger partial charge in [0.25, 0.3) is 0 Å². The average molecular weight is 857 g/mol. The van der Waals surface area contributed by atoms with E-state index < -0.39 is 5.97 Å². The summed E-state index contributed by atoms with van der Waals surface area (Å²) in [6.45, 7) is 0.672. The molecule has 3 N–H and O–H groups in total. The molecule has 0 aliphatic rings. The minimum atomic E-state index is -0.799. The van der Waals surface area contributed by atoms with Gasteiger partial charge >= 0.3 is 5.97 Å². The summed E-state index contributed by atoms with van der Waals surface area (Å²) in [6.07, 6.45) is 0.722. The monoisotopic (exact) mass is 854 g/mol. The highest BCUT2D eigenvalue weighted by Crippen LogP contribution is 2.19. The fourth-order valence-electron chi connectivity index (χ4n) is 5.02. The van der Waals surface area contributed by atoms with Gasteiger partial charge in [0.2, 0.25) is 11.8 Å². The van der Waals surface area contributed by atoms with Crippen molar-refractivity contribution in [2.45, 2.75) is 32.4 Å². The molecule has 0 saturated heterocycles. The molecular formula is C44H38Br2F2N2O4. The highest BCUT2D eigenvalue weighted by Gasteiger charge is 2.06. The predicted octanol–water partition coefficient (Wildman–Crippen LogP) is 9.87. The van der Waals surface area contributed by atoms with Crippen molar-refractivity contribution in [3.05, 3.63) is 200 Å². The Hall–Kier alpha value is -5.45. The molecule has 10 heteroatoms. The molecule has 0 saturated carbocycles. The number of nitrogens with one attached hydrogen (secondary N) is 2. The first-order valence-electron chi connectivity index (χ1n) is 16.9. The maximum atomic E-state index is 13.1. The zero-order chi connectivity index (χ0) is 38.7. The van der Waals surface area contributed by atoms with E-state index in [-0.39, 0.29) is 29.9 Å². The van der Waals surface area contributed by atoms with Crippen molar-refractivity contribution in [3.8, 4) is 11.1 Å². The molecule has 0 radical (unpaired) electrons. The Bertz CT molecular complexity index is 2100. The predicted molar refractivity (Wildman–Crippen MR) is 215 cm³/mol. The lowest BCUT2D eigenvalue weighted by Crippen LogP contribution is -2.24. The molecule has 0 heterocycles. The minimum absolute atomic E-state index is 0.0771. The minimum Gasteiger partial charge on any atom is -0.481 e. The Balaban J connectivity index is 0.000000193. The molecular weight excluding hydrogens is 818 g/mol. The van der Waals surface area contributed by atoms with Crippen LogP contribution in [0.25, 0.3) is 11.1 Å². The molecule has 276 valence electrons. The van der Waals surface area contributed by atoms with Crippen LogP contribution in [0.1, 0.15) is 27.8 Å². The van der Waals surface area contributed by atoms with E-state index in [0.29, 0.717) is 25.9 Å². The molecule has 6 aromatic carbocycles. The fraction of sp³-hybridized carbons (Fsp3) is 0.114. The Labute approximate surface area is 330 Å². The summed E-state index contributed by atoms with van der Waals surface area (Å²) in [5.74, 6) is -1.54. The summed E-state index contributed by atoms with van der Waals surface area (Å²) in [7, 11) is 0. The van der Waals surface area contributed by atoms with Gasteiger partial charge in [-0.2, -0.15) is 0 Å². The topological polar surface area (TPSA) is 95.5 Å². The molecule has 0 fully saturated rings. The average Bonchev–Trinajstić information content (AvgIpc) is 3.16. The van der Waals surface area contributed by atoms with E-state index in [2.05, 4.69) is 54.6 Å². The van der Waals surface area contributed by atoms with Crippen LogP contribution >= 0.6 is 31.9 Å². The number of aliphatic carboxylic acids is 1. The summed E-state index contributed by atoms with van der Waals surface area (Å²) in [5.41, 5.74) is 6.50. The highest BCUT2D eigenvalue weighted by molar-refractivity contribution is 9.10. The van der Waals surface area contributed by atoms with Crippen LogP contribution in [-0.4, -0.2) is 22.9 Å². The first kappa shape index (κ1) is 41.3. The second-order valence-corrected chi connectivity index (χ2v) is 13.9. The lowest BCUT2D eigenvalue weighted by atomic mass is 10.0. The van der Waals surface area contributed by atoms with Gasteiger partial charge < -0.3 is 15.7 Å². The van der Waals surface area contributed by atoms with Gasteiger partial charge in [-0.1, -0.05) is 135 Å². The van der Waals surface area contributed by atoms with Crippen molar-refractivity contribution in [3.63, 3.8) is 0 Å². The number of halogens is 4. The van der Waals surface area contributed by atoms with E-state index in [0.717, 1.165) is 47.9 Å². The molecule has 0 aromatic heterocycles. The van der Waals surface area contributed by atoms with Crippen LogP contribution in [0.3, 0.4) is 0 Å². The van der Waals surface area contributed by atoms with Gasteiger partial charge in [0, 0.05) is 22.0 Å². The summed E-state index contributed by atoms with van der Waals surface area (Å²) in [6, 6.07) is 45.3. The first-order valence-corrected chi connectivity index (χ1v) is 18.5. The molecule has 0 aliphatic carbocycles. The van der Waals surface area contributed by atoms with Gasteiger partial charge in [-0.05, 0) is 87.5 Å². The normalized spacial score (nSPS) is 10.1. The van der Waals surface area contributed by atoms with Crippen molar-refractivity contribution >= 4 is 49.6 Å². The molecule has 6 aromatic rings. The number of rotatable bonds is 11. The van der Waals surface area contributed by atoms with Crippen LogP contribution in [0.4, 0.5) is 8.78 Å². The molecule has 6 rings (SSSR count). The van der Waals surface area contributed by atoms with Gasteiger partial charge in [0.1, 0.15) is 11.6 Å². The number of carbonyl (C=O) groups is 3. The number of carboxylic acid groups (broad SMARTS) is 1. The third-order valence-electron chi connectivity index (χ3n) is 7.73. The maximum Gasteiger partial charge on any atom is 0.307 e. The van der Waals surface area contributed by atoms with Gasteiger partial charge in [-0.15, -0.1) is 0 Å². The molecule has 54 heavy (non-hydrogen) atoms. The Kier molecular flexibility index (Phi) is 16.8. The number of benzene rings is 6. The number of carboxylic acids is 1. The Morgan fingerprint density at radius 1 is 0.463 bits per heavy atom. The zero-order valence-corrected chi connectivity index (χ0v) is 32.3. The van der Waals surface area contributed by atoms with Crippen LogP contribution in [0.15, 0.2) is 161 Å². The largest absolute Gasteiger partial charge is 0.481 e. The van der Waals surface area contributed by atoms with E-state index in [9.17, 15) is 23.2 Å². The van der Waals surface area contributed by atoms with Gasteiger partial charge in [0.05, 0.1) is 19.3 Å². The van der Waals surface area contributed by atoms with Crippen LogP contribution in [-0.2, 0) is 46.7 Å². The molecule has 2 amide bonds. The SMILES string of the molecule is O=C(Cc1ccc(-c2ccccc2)cc1)NCc1cccc(F)c1.O=C(Cc1ccc(Br)cc1)NCc1cccc(F)c1.O=C(O)Cc1ccc(Br)cc1. The summed E-state index contributed by atoms with van der Waals surface area (Å²) < 4.78 is 28.0. The van der Waals surface area contributed by atoms with Crippen LogP contribution < -0.4 is 10.6 Å². The number of hydrogen-bond donors (Lipinski definition) is 3. The standard InChI is InChI=1S/C21H18FNO.C15H13BrFNO.C8H7BrO2/c22-20-8-4-5-17(13-20)15-23-21(24)14-16-9-11-19(12-10-16)18-6-2-1-3-7-18;16-13-6-4-11(5-7-13)9-15(19)18-10-12-2-1-3-14(17)8-12;9-7-3-1-6(2-4-7)5-8(10)11/h1-13H,14-15H2,(H,23,24);1-8H,9-10H2,(H,18,19);1-4H,5H2,(H,10,11). The summed E-state index contributed by atoms with van der Waals surface area (Å²) >= 11 is 6.61. The summed E-state index contributed by atoms with van der Waals surface area (Å²) in [4.78, 5) is 34.0. The molecule has 0 atom stereocenters. The van der Waals surface area contributed by atoms with E-state index >= 15 is 0 Å². The second kappa shape index (κ2) is 21.9. The second-order valence-electron chi connectivity index (χ2n) is 12.1. The molecule has 0 unspecified atom stereocenters. The van der Waals surface area contributed by atoms with Crippen LogP contribution in [0, 0.1) is 11.6 Å². The maximum absolute atomic E-state index is 13.1. The number of carbonyl (C=O) groups excluding carboxylic acids is 2. The van der Waals surface area contributed by atoms with Crippen molar-refractivity contribution in [2.75, 3.05) is 0 Å². The van der Waals surface area contributed by atoms with Gasteiger partial charge in [-0.25, -0.2) is 8.78 Å². The van der Waals surface area contributed by atoms with Gasteiger partial charge in [-0.3, -0.25) is 14.4 Å². The van der Waals surface area contributed by atoms with Crippen LogP contribution in [0.5, 0.6) is 0 Å². The zero-order valence-electron chi connectivity index (χ0n) is 29.2. The van der Waals surface area contributed by atoms with Crippen LogP contribution in [0.2, 0.25) is 0 Å². The first-order chi connectivity index (χ1) is 26.0. The third kappa shape index (κ3) is 15.7. The number of amides is 2. The number of hydrogen-bond acceptors (Lipinski definition) is 3. The quantitative estimate of drug-likeness (QED) is 0.121. The van der Waals surface area contributed by atoms with E-state index in [1.807, 2.05) is 78.9 Å². The van der Waals surface area contributed by atoms with E-state index in [4.69, 9.17) is 5.11 Å². The lowest BCUT2D eigenvalue weighted by molar-refractivity contribution is -0.136. The molecule has 0 aliphatic heterocycles. The van der Waals surface area contributed by atoms with E-state index in [1.165, 1.54) is 24.3 Å². The van der Waals surface area contributed by atoms with Gasteiger partial charge in [0.15, 0.2) is 0 Å². The lowest BCUT2D eigenvalue weighted by Gasteiger charge is -2.07. The Morgan fingerprint density at radius 3 is 1.26 bits per heavy atom. The smallest absolute Gasteiger partial charge is 0.307 e. The molecule has 0 bridgehead atoms. The fourth-order valence-corrected chi connectivity index (χ4v) is 5.54. The molecule has 6 nitrogen and oxygen atoms in total. The van der Waals surface area contributed by atoms with Crippen molar-refractivity contribution in [1.82, 2.24) is 10.6 Å². The van der Waals surface area contributed by atoms with Crippen molar-refractivity contribution < 1.29 is 28.3 Å². The highest BCUT2D eigenvalue weighted by atomic mass is 79.9. The third-order valence-corrected chi connectivity index (χ3v) is 8.79. The van der Waals surface area contributed by atoms with Crippen molar-refractivity contribution in [2.24, 2.45) is 0 Å². The van der Waals surface area contributed by atoms with E-state index in [1.54, 1.807) is 36.4 Å². The molecule has 0 spiro atoms. The summed E-state index contributed by atoms with van der Waals surface area (Å²) in [5, 5.41) is 14.0. The van der Waals surface area contributed by atoms with Crippen molar-refractivity contribution in [1.29, 1.82) is 0 Å². The Morgan fingerprint density at radius 2 is 0.852 bits per heavy atom.